The summed E-state index contributed by atoms with van der Waals surface area (Å²) < 4.78 is 0. The quantitative estimate of drug-likeness (QED) is 0.749. The lowest BCUT2D eigenvalue weighted by molar-refractivity contribution is -0.132. The van der Waals surface area contributed by atoms with Crippen LogP contribution < -0.4 is 11.1 Å². The summed E-state index contributed by atoms with van der Waals surface area (Å²) in [5, 5.41) is 3.06. The smallest absolute Gasteiger partial charge is 0.236 e. The van der Waals surface area contributed by atoms with E-state index in [1.165, 1.54) is 12.6 Å². The number of nitrogens with zero attached hydrogens (tertiary/aromatic N) is 1. The largest absolute Gasteiger partial charge is 0.336 e. The topological polar surface area (TPSA) is 58.4 Å². The summed E-state index contributed by atoms with van der Waals surface area (Å²) in [5.41, 5.74) is 5.70. The zero-order valence-corrected chi connectivity index (χ0v) is 9.65. The normalized spacial score (nSPS) is 15.4. The molecule has 0 spiro atoms. The standard InChI is InChI=1S/C11H14N2O.CH5N/c14-11-8-12-6-7-13(11)9-10-4-2-1-3-5-10;1-2/h1-5,12H,6-9H2;2H2,1H3. The molecule has 88 valence electrons. The second-order valence-electron chi connectivity index (χ2n) is 3.48. The summed E-state index contributed by atoms with van der Waals surface area (Å²) >= 11 is 0. The molecule has 2 rings (SSSR count). The molecule has 0 radical (unpaired) electrons. The number of carbonyl (C=O) groups excluding carboxylic acids is 1. The average molecular weight is 221 g/mol. The highest BCUT2D eigenvalue weighted by Gasteiger charge is 2.16. The minimum Gasteiger partial charge on any atom is -0.336 e. The lowest BCUT2D eigenvalue weighted by Gasteiger charge is -2.27. The number of carbonyl (C=O) groups is 1. The second-order valence-corrected chi connectivity index (χ2v) is 3.48. The summed E-state index contributed by atoms with van der Waals surface area (Å²) in [5.74, 6) is 0.195. The minimum atomic E-state index is 0.195. The fourth-order valence-electron chi connectivity index (χ4n) is 1.62. The Morgan fingerprint density at radius 2 is 2.00 bits per heavy atom. The van der Waals surface area contributed by atoms with E-state index in [2.05, 4.69) is 23.2 Å². The van der Waals surface area contributed by atoms with Crippen LogP contribution >= 0.6 is 0 Å². The van der Waals surface area contributed by atoms with Crippen LogP contribution in [0.3, 0.4) is 0 Å². The molecular weight excluding hydrogens is 202 g/mol. The summed E-state index contributed by atoms with van der Waals surface area (Å²) in [7, 11) is 1.50. The predicted molar refractivity (Wildman–Crippen MR) is 64.8 cm³/mol. The second kappa shape index (κ2) is 6.98. The van der Waals surface area contributed by atoms with Gasteiger partial charge >= 0.3 is 0 Å². The van der Waals surface area contributed by atoms with Gasteiger partial charge in [0, 0.05) is 19.6 Å². The Kier molecular flexibility index (Phi) is 5.53. The number of amides is 1. The van der Waals surface area contributed by atoms with Crippen molar-refractivity contribution < 1.29 is 4.79 Å². The van der Waals surface area contributed by atoms with E-state index in [1.54, 1.807) is 0 Å². The third kappa shape index (κ3) is 3.64. The van der Waals surface area contributed by atoms with Gasteiger partial charge in [-0.25, -0.2) is 0 Å². The summed E-state index contributed by atoms with van der Waals surface area (Å²) in [6.45, 7) is 2.93. The highest BCUT2D eigenvalue weighted by atomic mass is 16.2. The molecule has 4 nitrogen and oxygen atoms in total. The molecule has 0 unspecified atom stereocenters. The first-order valence-corrected chi connectivity index (χ1v) is 5.46. The predicted octanol–water partition coefficient (Wildman–Crippen LogP) is 0.193. The minimum absolute atomic E-state index is 0.195. The molecular formula is C12H19N3O. The first-order valence-electron chi connectivity index (χ1n) is 5.46. The maximum absolute atomic E-state index is 11.5. The summed E-state index contributed by atoms with van der Waals surface area (Å²) in [6.07, 6.45) is 0. The SMILES string of the molecule is CN.O=C1CNCCN1Cc1ccccc1. The number of benzene rings is 1. The van der Waals surface area contributed by atoms with Gasteiger partial charge in [-0.2, -0.15) is 0 Å². The van der Waals surface area contributed by atoms with Gasteiger partial charge in [-0.05, 0) is 12.6 Å². The number of rotatable bonds is 2. The Labute approximate surface area is 96.4 Å². The number of nitrogens with two attached hydrogens (primary N) is 1. The van der Waals surface area contributed by atoms with Gasteiger partial charge in [0.25, 0.3) is 0 Å². The van der Waals surface area contributed by atoms with Crippen molar-refractivity contribution in [3.8, 4) is 0 Å². The van der Waals surface area contributed by atoms with E-state index in [9.17, 15) is 4.79 Å². The van der Waals surface area contributed by atoms with Gasteiger partial charge in [0.2, 0.25) is 5.91 Å². The number of piperazine rings is 1. The Hall–Kier alpha value is -1.39. The molecule has 1 amide bonds. The van der Waals surface area contributed by atoms with Crippen molar-refractivity contribution >= 4 is 5.91 Å². The molecule has 1 aromatic rings. The van der Waals surface area contributed by atoms with Crippen LogP contribution in [0.2, 0.25) is 0 Å². The van der Waals surface area contributed by atoms with Crippen molar-refractivity contribution in [3.05, 3.63) is 35.9 Å². The molecule has 0 aliphatic carbocycles. The molecule has 1 aromatic carbocycles. The molecule has 4 heteroatoms. The van der Waals surface area contributed by atoms with Gasteiger partial charge in [-0.3, -0.25) is 4.79 Å². The van der Waals surface area contributed by atoms with E-state index >= 15 is 0 Å². The Morgan fingerprint density at radius 3 is 2.62 bits per heavy atom. The molecule has 0 atom stereocenters. The monoisotopic (exact) mass is 221 g/mol. The van der Waals surface area contributed by atoms with Gasteiger partial charge in [-0.15, -0.1) is 0 Å². The zero-order valence-electron chi connectivity index (χ0n) is 9.65. The van der Waals surface area contributed by atoms with E-state index in [1.807, 2.05) is 23.1 Å². The lowest BCUT2D eigenvalue weighted by Crippen LogP contribution is -2.47. The van der Waals surface area contributed by atoms with E-state index in [-0.39, 0.29) is 5.91 Å². The van der Waals surface area contributed by atoms with Crippen LogP contribution in [0.5, 0.6) is 0 Å². The highest BCUT2D eigenvalue weighted by molar-refractivity contribution is 5.78. The van der Waals surface area contributed by atoms with Crippen molar-refractivity contribution in [1.29, 1.82) is 0 Å². The zero-order chi connectivity index (χ0) is 11.8. The molecule has 0 saturated carbocycles. The van der Waals surface area contributed by atoms with Gasteiger partial charge in [0.05, 0.1) is 6.54 Å². The van der Waals surface area contributed by atoms with E-state index in [4.69, 9.17) is 0 Å². The Balaban J connectivity index is 0.000000606. The van der Waals surface area contributed by atoms with Crippen molar-refractivity contribution in [2.75, 3.05) is 26.7 Å². The van der Waals surface area contributed by atoms with E-state index in [0.717, 1.165) is 19.6 Å². The third-order valence-corrected chi connectivity index (χ3v) is 2.40. The lowest BCUT2D eigenvalue weighted by atomic mass is 10.2. The Morgan fingerprint density at radius 1 is 1.31 bits per heavy atom. The highest BCUT2D eigenvalue weighted by Crippen LogP contribution is 2.05. The van der Waals surface area contributed by atoms with Crippen molar-refractivity contribution in [1.82, 2.24) is 10.2 Å². The fourth-order valence-corrected chi connectivity index (χ4v) is 1.62. The van der Waals surface area contributed by atoms with Crippen LogP contribution in [-0.2, 0) is 11.3 Å². The first kappa shape index (κ1) is 12.7. The van der Waals surface area contributed by atoms with Crippen molar-refractivity contribution in [2.45, 2.75) is 6.54 Å². The van der Waals surface area contributed by atoms with Crippen LogP contribution in [0.15, 0.2) is 30.3 Å². The first-order chi connectivity index (χ1) is 7.86. The van der Waals surface area contributed by atoms with Crippen molar-refractivity contribution in [3.63, 3.8) is 0 Å². The van der Waals surface area contributed by atoms with Crippen LogP contribution in [0.4, 0.5) is 0 Å². The number of nitrogens with one attached hydrogen (secondary N) is 1. The molecule has 1 aliphatic rings. The molecule has 1 fully saturated rings. The van der Waals surface area contributed by atoms with Gasteiger partial charge in [-0.1, -0.05) is 30.3 Å². The van der Waals surface area contributed by atoms with Crippen molar-refractivity contribution in [2.24, 2.45) is 5.73 Å². The molecule has 3 N–H and O–H groups in total. The molecule has 1 heterocycles. The molecule has 0 bridgehead atoms. The van der Waals surface area contributed by atoms with Crippen LogP contribution in [-0.4, -0.2) is 37.5 Å². The number of hydrogen-bond donors (Lipinski definition) is 2. The fraction of sp³-hybridized carbons (Fsp3) is 0.417. The van der Waals surface area contributed by atoms with E-state index < -0.39 is 0 Å². The molecule has 0 aromatic heterocycles. The van der Waals surface area contributed by atoms with Crippen LogP contribution in [0.25, 0.3) is 0 Å². The van der Waals surface area contributed by atoms with Gasteiger partial charge in [0.15, 0.2) is 0 Å². The third-order valence-electron chi connectivity index (χ3n) is 2.40. The summed E-state index contributed by atoms with van der Waals surface area (Å²) in [4.78, 5) is 13.4. The van der Waals surface area contributed by atoms with Gasteiger partial charge in [0.1, 0.15) is 0 Å². The maximum atomic E-state index is 11.5. The molecule has 1 aliphatic heterocycles. The average Bonchev–Trinajstić information content (AvgIpc) is 2.36. The van der Waals surface area contributed by atoms with Gasteiger partial charge < -0.3 is 16.0 Å². The van der Waals surface area contributed by atoms with Crippen LogP contribution in [0, 0.1) is 0 Å². The number of hydrogen-bond acceptors (Lipinski definition) is 3. The molecule has 16 heavy (non-hydrogen) atoms. The van der Waals surface area contributed by atoms with E-state index in [0.29, 0.717) is 6.54 Å². The Bertz CT molecular complexity index is 313. The summed E-state index contributed by atoms with van der Waals surface area (Å²) in [6, 6.07) is 10.1. The molecule has 1 saturated heterocycles. The maximum Gasteiger partial charge on any atom is 0.236 e. The van der Waals surface area contributed by atoms with Crippen LogP contribution in [0.1, 0.15) is 5.56 Å².